The van der Waals surface area contributed by atoms with Gasteiger partial charge in [-0.15, -0.1) is 0 Å². The normalized spacial score (nSPS) is 11.5. The predicted octanol–water partition coefficient (Wildman–Crippen LogP) is 2.65. The molecule has 0 aromatic heterocycles. The zero-order valence-corrected chi connectivity index (χ0v) is 14.8. The summed E-state index contributed by atoms with van der Waals surface area (Å²) in [5.41, 5.74) is -2.13. The smallest absolute Gasteiger partial charge is 0.330 e. The number of unbranched alkanes of at least 4 members (excludes halogenated alkanes) is 1. The van der Waals surface area contributed by atoms with Gasteiger partial charge in [0.1, 0.15) is 13.2 Å². The van der Waals surface area contributed by atoms with Gasteiger partial charge in [0.15, 0.2) is 0 Å². The minimum Gasteiger partial charge on any atom is -0.465 e. The summed E-state index contributed by atoms with van der Waals surface area (Å²) in [5, 5.41) is 0. The third-order valence-corrected chi connectivity index (χ3v) is 4.04. The molecule has 0 aromatic rings. The predicted molar refractivity (Wildman–Crippen MR) is 85.5 cm³/mol. The lowest BCUT2D eigenvalue weighted by atomic mass is 9.68. The molecular formula is C17H28O6. The molecule has 0 unspecified atom stereocenters. The maximum absolute atomic E-state index is 12.3. The van der Waals surface area contributed by atoms with Crippen molar-refractivity contribution in [2.75, 3.05) is 19.8 Å². The van der Waals surface area contributed by atoms with Crippen LogP contribution in [0.1, 0.15) is 47.5 Å². The molecule has 0 aliphatic heterocycles. The Balaban J connectivity index is 4.60. The first kappa shape index (κ1) is 21.1. The van der Waals surface area contributed by atoms with Crippen molar-refractivity contribution >= 4 is 17.9 Å². The van der Waals surface area contributed by atoms with E-state index in [4.69, 9.17) is 14.2 Å². The van der Waals surface area contributed by atoms with Gasteiger partial charge in [0.2, 0.25) is 0 Å². The van der Waals surface area contributed by atoms with Gasteiger partial charge < -0.3 is 14.2 Å². The first-order chi connectivity index (χ1) is 10.6. The van der Waals surface area contributed by atoms with Gasteiger partial charge in [0.25, 0.3) is 0 Å². The van der Waals surface area contributed by atoms with E-state index in [1.165, 1.54) is 0 Å². The summed E-state index contributed by atoms with van der Waals surface area (Å²) in [6.45, 7) is 12.0. The minimum absolute atomic E-state index is 0.0615. The van der Waals surface area contributed by atoms with Crippen molar-refractivity contribution in [1.29, 1.82) is 0 Å². The van der Waals surface area contributed by atoms with Gasteiger partial charge in [-0.25, -0.2) is 4.79 Å². The first-order valence-corrected chi connectivity index (χ1v) is 7.74. The van der Waals surface area contributed by atoms with Crippen LogP contribution in [0.2, 0.25) is 0 Å². The quantitative estimate of drug-likeness (QED) is 0.265. The van der Waals surface area contributed by atoms with Crippen LogP contribution in [-0.4, -0.2) is 37.7 Å². The summed E-state index contributed by atoms with van der Waals surface area (Å²) in [7, 11) is 0. The van der Waals surface area contributed by atoms with Crippen molar-refractivity contribution in [2.24, 2.45) is 10.8 Å². The number of hydrogen-bond donors (Lipinski definition) is 0. The number of rotatable bonds is 10. The van der Waals surface area contributed by atoms with E-state index in [1.807, 2.05) is 6.92 Å². The van der Waals surface area contributed by atoms with E-state index >= 15 is 0 Å². The summed E-state index contributed by atoms with van der Waals surface area (Å²) in [6, 6.07) is 0. The molecule has 0 aliphatic carbocycles. The largest absolute Gasteiger partial charge is 0.465 e. The van der Waals surface area contributed by atoms with E-state index in [1.54, 1.807) is 27.7 Å². The van der Waals surface area contributed by atoms with Crippen molar-refractivity contribution in [3.05, 3.63) is 12.7 Å². The molecule has 6 nitrogen and oxygen atoms in total. The van der Waals surface area contributed by atoms with Crippen LogP contribution in [0.4, 0.5) is 0 Å². The molecule has 0 rings (SSSR count). The number of esters is 3. The second-order valence-electron chi connectivity index (χ2n) is 6.25. The van der Waals surface area contributed by atoms with Crippen molar-refractivity contribution in [1.82, 2.24) is 0 Å². The Kier molecular flexibility index (Phi) is 8.58. The maximum Gasteiger partial charge on any atom is 0.330 e. The number of carbonyl (C=O) groups is 3. The average Bonchev–Trinajstić information content (AvgIpc) is 2.50. The lowest BCUT2D eigenvalue weighted by Gasteiger charge is -2.37. The first-order valence-electron chi connectivity index (χ1n) is 7.74. The molecular weight excluding hydrogens is 300 g/mol. The highest BCUT2D eigenvalue weighted by Gasteiger charge is 2.50. The van der Waals surface area contributed by atoms with Crippen LogP contribution in [-0.2, 0) is 28.6 Å². The Morgan fingerprint density at radius 2 is 1.30 bits per heavy atom. The minimum atomic E-state index is -1.08. The molecule has 0 N–H and O–H groups in total. The SMILES string of the molecule is C=CC(=O)OCCOC(=O)C(C)(C)C(C)(C)C(=O)OCCCC. The number of ether oxygens (including phenoxy) is 3. The highest BCUT2D eigenvalue weighted by Crippen LogP contribution is 2.40. The third-order valence-electron chi connectivity index (χ3n) is 4.04. The van der Waals surface area contributed by atoms with E-state index < -0.39 is 28.7 Å². The van der Waals surface area contributed by atoms with Crippen LogP contribution in [0.5, 0.6) is 0 Å². The van der Waals surface area contributed by atoms with E-state index in [0.29, 0.717) is 6.61 Å². The van der Waals surface area contributed by atoms with E-state index in [9.17, 15) is 14.4 Å². The molecule has 0 heterocycles. The lowest BCUT2D eigenvalue weighted by molar-refractivity contribution is -0.176. The highest BCUT2D eigenvalue weighted by atomic mass is 16.6. The average molecular weight is 328 g/mol. The van der Waals surface area contributed by atoms with Crippen molar-refractivity contribution in [3.8, 4) is 0 Å². The van der Waals surface area contributed by atoms with E-state index in [0.717, 1.165) is 18.9 Å². The molecule has 0 atom stereocenters. The second-order valence-corrected chi connectivity index (χ2v) is 6.25. The van der Waals surface area contributed by atoms with Gasteiger partial charge in [-0.3, -0.25) is 9.59 Å². The third kappa shape index (κ3) is 6.04. The summed E-state index contributed by atoms with van der Waals surface area (Å²) in [5.74, 6) is -1.57. The number of hydrogen-bond acceptors (Lipinski definition) is 6. The molecule has 0 aliphatic rings. The number of carbonyl (C=O) groups excluding carboxylic acids is 3. The van der Waals surface area contributed by atoms with Crippen LogP contribution in [0.25, 0.3) is 0 Å². The lowest BCUT2D eigenvalue weighted by Crippen LogP contribution is -2.47. The summed E-state index contributed by atoms with van der Waals surface area (Å²) in [6.07, 6.45) is 2.73. The Morgan fingerprint density at radius 3 is 1.74 bits per heavy atom. The fourth-order valence-electron chi connectivity index (χ4n) is 1.52. The Labute approximate surface area is 138 Å². The van der Waals surface area contributed by atoms with E-state index in [-0.39, 0.29) is 13.2 Å². The van der Waals surface area contributed by atoms with Crippen LogP contribution in [0, 0.1) is 10.8 Å². The standard InChI is InChI=1S/C17H28O6/c1-7-9-10-22-14(19)16(3,4)17(5,6)15(20)23-12-11-21-13(18)8-2/h8H,2,7,9-12H2,1,3-6H3. The molecule has 23 heavy (non-hydrogen) atoms. The molecule has 6 heteroatoms. The monoisotopic (exact) mass is 328 g/mol. The van der Waals surface area contributed by atoms with E-state index in [2.05, 4.69) is 6.58 Å². The van der Waals surface area contributed by atoms with Gasteiger partial charge in [0, 0.05) is 6.08 Å². The second kappa shape index (κ2) is 9.33. The van der Waals surface area contributed by atoms with Gasteiger partial charge in [-0.1, -0.05) is 19.9 Å². The van der Waals surface area contributed by atoms with Crippen molar-refractivity contribution in [2.45, 2.75) is 47.5 Å². The molecule has 132 valence electrons. The Hall–Kier alpha value is -1.85. The maximum atomic E-state index is 12.3. The topological polar surface area (TPSA) is 78.9 Å². The molecule has 0 fully saturated rings. The molecule has 0 radical (unpaired) electrons. The van der Waals surface area contributed by atoms with Crippen LogP contribution in [0.15, 0.2) is 12.7 Å². The van der Waals surface area contributed by atoms with Crippen LogP contribution in [0.3, 0.4) is 0 Å². The van der Waals surface area contributed by atoms with Crippen LogP contribution < -0.4 is 0 Å². The molecule has 0 saturated carbocycles. The Bertz CT molecular complexity index is 436. The molecule has 0 saturated heterocycles. The highest BCUT2D eigenvalue weighted by molar-refractivity contribution is 5.87. The molecule has 0 bridgehead atoms. The van der Waals surface area contributed by atoms with Crippen LogP contribution >= 0.6 is 0 Å². The molecule has 0 aromatic carbocycles. The van der Waals surface area contributed by atoms with Gasteiger partial charge in [-0.05, 0) is 34.1 Å². The Morgan fingerprint density at radius 1 is 0.870 bits per heavy atom. The fraction of sp³-hybridized carbons (Fsp3) is 0.706. The zero-order chi connectivity index (χ0) is 18.1. The summed E-state index contributed by atoms with van der Waals surface area (Å²) < 4.78 is 15.1. The molecule has 0 spiro atoms. The van der Waals surface area contributed by atoms with Crippen molar-refractivity contribution < 1.29 is 28.6 Å². The van der Waals surface area contributed by atoms with Gasteiger partial charge in [0.05, 0.1) is 17.4 Å². The van der Waals surface area contributed by atoms with Crippen molar-refractivity contribution in [3.63, 3.8) is 0 Å². The van der Waals surface area contributed by atoms with Gasteiger partial charge >= 0.3 is 17.9 Å². The zero-order valence-electron chi connectivity index (χ0n) is 14.8. The van der Waals surface area contributed by atoms with Gasteiger partial charge in [-0.2, -0.15) is 0 Å². The fourth-order valence-corrected chi connectivity index (χ4v) is 1.52. The molecule has 0 amide bonds. The summed E-state index contributed by atoms with van der Waals surface area (Å²) in [4.78, 5) is 35.4. The summed E-state index contributed by atoms with van der Waals surface area (Å²) >= 11 is 0.